The van der Waals surface area contributed by atoms with Crippen LogP contribution in [-0.2, 0) is 6.54 Å². The van der Waals surface area contributed by atoms with Crippen molar-refractivity contribution in [3.05, 3.63) is 22.7 Å². The van der Waals surface area contributed by atoms with Gasteiger partial charge in [-0.1, -0.05) is 11.6 Å². The third-order valence-electron chi connectivity index (χ3n) is 4.29. The van der Waals surface area contributed by atoms with Crippen LogP contribution in [0.2, 0.25) is 5.02 Å². The van der Waals surface area contributed by atoms with Gasteiger partial charge in [-0.05, 0) is 55.2 Å². The van der Waals surface area contributed by atoms with Crippen molar-refractivity contribution in [1.29, 1.82) is 0 Å². The van der Waals surface area contributed by atoms with Crippen LogP contribution in [-0.4, -0.2) is 20.3 Å². The van der Waals surface area contributed by atoms with Crippen molar-refractivity contribution < 1.29 is 9.47 Å². The molecule has 0 saturated heterocycles. The fraction of sp³-hybridized carbons (Fsp3) is 0.625. The second-order valence-corrected chi connectivity index (χ2v) is 6.30. The largest absolute Gasteiger partial charge is 0.493 e. The van der Waals surface area contributed by atoms with Crippen LogP contribution in [0.1, 0.15) is 31.2 Å². The molecule has 0 unspecified atom stereocenters. The van der Waals surface area contributed by atoms with Gasteiger partial charge in [0, 0.05) is 12.6 Å². The fourth-order valence-electron chi connectivity index (χ4n) is 2.94. The Morgan fingerprint density at radius 3 is 2.30 bits per heavy atom. The lowest BCUT2D eigenvalue weighted by Gasteiger charge is -2.18. The lowest BCUT2D eigenvalue weighted by atomic mass is 10.1. The summed E-state index contributed by atoms with van der Waals surface area (Å²) in [5, 5.41) is 4.33. The van der Waals surface area contributed by atoms with Gasteiger partial charge in [0.25, 0.3) is 0 Å². The summed E-state index contributed by atoms with van der Waals surface area (Å²) in [5.74, 6) is 3.11. The van der Waals surface area contributed by atoms with Gasteiger partial charge in [0.05, 0.1) is 19.2 Å². The van der Waals surface area contributed by atoms with Crippen LogP contribution in [0.5, 0.6) is 11.5 Å². The highest BCUT2D eigenvalue weighted by Gasteiger charge is 2.40. The maximum absolute atomic E-state index is 6.25. The van der Waals surface area contributed by atoms with Gasteiger partial charge in [-0.25, -0.2) is 0 Å². The van der Waals surface area contributed by atoms with E-state index in [0.29, 0.717) is 22.6 Å². The monoisotopic (exact) mass is 295 g/mol. The van der Waals surface area contributed by atoms with Gasteiger partial charge in [-0.2, -0.15) is 0 Å². The smallest absolute Gasteiger partial charge is 0.179 e. The Hall–Kier alpha value is -0.930. The first-order valence-corrected chi connectivity index (χ1v) is 7.74. The average Bonchev–Trinajstić information content (AvgIpc) is 3.31. The zero-order valence-electron chi connectivity index (χ0n) is 12.1. The van der Waals surface area contributed by atoms with Crippen LogP contribution in [0.4, 0.5) is 0 Å². The summed E-state index contributed by atoms with van der Waals surface area (Å²) in [6, 6.07) is 4.67. The number of rotatable bonds is 7. The van der Waals surface area contributed by atoms with Crippen molar-refractivity contribution in [2.75, 3.05) is 14.2 Å². The zero-order valence-corrected chi connectivity index (χ0v) is 12.9. The van der Waals surface area contributed by atoms with Crippen molar-refractivity contribution >= 4 is 11.6 Å². The van der Waals surface area contributed by atoms with E-state index in [0.717, 1.165) is 23.9 Å². The average molecular weight is 296 g/mol. The van der Waals surface area contributed by atoms with Gasteiger partial charge in [-0.3, -0.25) is 0 Å². The summed E-state index contributed by atoms with van der Waals surface area (Å²) in [6.07, 6.45) is 5.56. The van der Waals surface area contributed by atoms with E-state index in [1.54, 1.807) is 14.2 Å². The number of nitrogens with one attached hydrogen (secondary N) is 1. The third kappa shape index (κ3) is 3.04. The van der Waals surface area contributed by atoms with E-state index in [4.69, 9.17) is 21.1 Å². The normalized spacial score (nSPS) is 18.4. The topological polar surface area (TPSA) is 30.5 Å². The SMILES string of the molecule is COc1cc(CNC(C2CC2)C2CC2)cc(Cl)c1OC. The maximum atomic E-state index is 6.25. The minimum Gasteiger partial charge on any atom is -0.493 e. The van der Waals surface area contributed by atoms with Crippen molar-refractivity contribution in [2.24, 2.45) is 11.8 Å². The number of hydrogen-bond donors (Lipinski definition) is 1. The summed E-state index contributed by atoms with van der Waals surface area (Å²) in [5.41, 5.74) is 1.15. The molecule has 0 radical (unpaired) electrons. The molecule has 0 bridgehead atoms. The van der Waals surface area contributed by atoms with E-state index in [9.17, 15) is 0 Å². The second-order valence-electron chi connectivity index (χ2n) is 5.89. The Balaban J connectivity index is 1.68. The van der Waals surface area contributed by atoms with Crippen molar-refractivity contribution in [3.63, 3.8) is 0 Å². The molecule has 20 heavy (non-hydrogen) atoms. The van der Waals surface area contributed by atoms with Crippen molar-refractivity contribution in [2.45, 2.75) is 38.3 Å². The highest BCUT2D eigenvalue weighted by Crippen LogP contribution is 2.44. The molecule has 2 saturated carbocycles. The molecule has 2 aliphatic carbocycles. The molecule has 0 aliphatic heterocycles. The summed E-state index contributed by atoms with van der Waals surface area (Å²) < 4.78 is 10.6. The van der Waals surface area contributed by atoms with Gasteiger partial charge in [0.15, 0.2) is 11.5 Å². The molecule has 110 valence electrons. The highest BCUT2D eigenvalue weighted by molar-refractivity contribution is 6.32. The molecular weight excluding hydrogens is 274 g/mol. The predicted molar refractivity (Wildman–Crippen MR) is 80.6 cm³/mol. The van der Waals surface area contributed by atoms with Crippen LogP contribution in [0.3, 0.4) is 0 Å². The Kier molecular flexibility index (Phi) is 4.08. The molecule has 2 fully saturated rings. The summed E-state index contributed by atoms with van der Waals surface area (Å²) in [4.78, 5) is 0. The number of halogens is 1. The standard InChI is InChI=1S/C16H22ClNO2/c1-19-14-8-10(7-13(17)16(14)20-2)9-18-15(11-3-4-11)12-5-6-12/h7-8,11-12,15,18H,3-6,9H2,1-2H3. The molecule has 0 amide bonds. The Morgan fingerprint density at radius 1 is 1.15 bits per heavy atom. The van der Waals surface area contributed by atoms with E-state index >= 15 is 0 Å². The molecule has 0 heterocycles. The fourth-order valence-corrected chi connectivity index (χ4v) is 3.25. The minimum absolute atomic E-state index is 0.609. The number of hydrogen-bond acceptors (Lipinski definition) is 3. The molecule has 1 N–H and O–H groups in total. The second kappa shape index (κ2) is 5.82. The lowest BCUT2D eigenvalue weighted by Crippen LogP contribution is -2.32. The maximum Gasteiger partial charge on any atom is 0.179 e. The Bertz CT molecular complexity index is 472. The number of benzene rings is 1. The van der Waals surface area contributed by atoms with E-state index in [1.807, 2.05) is 12.1 Å². The highest BCUT2D eigenvalue weighted by atomic mass is 35.5. The Morgan fingerprint density at radius 2 is 1.80 bits per heavy atom. The minimum atomic E-state index is 0.609. The Labute approximate surface area is 125 Å². The number of ether oxygens (including phenoxy) is 2. The molecule has 1 aromatic carbocycles. The lowest BCUT2D eigenvalue weighted by molar-refractivity contribution is 0.354. The summed E-state index contributed by atoms with van der Waals surface area (Å²) in [7, 11) is 3.25. The molecule has 2 aliphatic rings. The van der Waals surface area contributed by atoms with Gasteiger partial charge < -0.3 is 14.8 Å². The van der Waals surface area contributed by atoms with Gasteiger partial charge in [-0.15, -0.1) is 0 Å². The molecule has 1 aromatic rings. The summed E-state index contributed by atoms with van der Waals surface area (Å²) >= 11 is 6.25. The quantitative estimate of drug-likeness (QED) is 0.833. The van der Waals surface area contributed by atoms with Gasteiger partial charge in [0.1, 0.15) is 0 Å². The molecule has 0 atom stereocenters. The van der Waals surface area contributed by atoms with Crippen molar-refractivity contribution in [1.82, 2.24) is 5.32 Å². The van der Waals surface area contributed by atoms with E-state index in [-0.39, 0.29) is 0 Å². The molecular formula is C16H22ClNO2. The predicted octanol–water partition coefficient (Wildman–Crippen LogP) is 3.64. The first kappa shape index (κ1) is 14.0. The van der Waals surface area contributed by atoms with Crippen LogP contribution in [0, 0.1) is 11.8 Å². The molecule has 3 nitrogen and oxygen atoms in total. The van der Waals surface area contributed by atoms with E-state index in [2.05, 4.69) is 5.32 Å². The zero-order chi connectivity index (χ0) is 14.1. The van der Waals surface area contributed by atoms with Crippen LogP contribution in [0.25, 0.3) is 0 Å². The van der Waals surface area contributed by atoms with Gasteiger partial charge in [0.2, 0.25) is 0 Å². The molecule has 4 heteroatoms. The molecule has 0 aromatic heterocycles. The molecule has 0 spiro atoms. The van der Waals surface area contributed by atoms with Crippen LogP contribution >= 0.6 is 11.6 Å². The van der Waals surface area contributed by atoms with Crippen LogP contribution < -0.4 is 14.8 Å². The summed E-state index contributed by atoms with van der Waals surface area (Å²) in [6.45, 7) is 0.845. The van der Waals surface area contributed by atoms with E-state index in [1.165, 1.54) is 25.7 Å². The molecule has 3 rings (SSSR count). The first-order chi connectivity index (χ1) is 9.72. The first-order valence-electron chi connectivity index (χ1n) is 7.36. The van der Waals surface area contributed by atoms with Crippen LogP contribution in [0.15, 0.2) is 12.1 Å². The van der Waals surface area contributed by atoms with Crippen molar-refractivity contribution in [3.8, 4) is 11.5 Å². The van der Waals surface area contributed by atoms with Gasteiger partial charge >= 0.3 is 0 Å². The van der Waals surface area contributed by atoms with E-state index < -0.39 is 0 Å². The third-order valence-corrected chi connectivity index (χ3v) is 4.58. The number of methoxy groups -OCH3 is 2.